The molecule has 9 N–H and O–H groups in total. The minimum Gasteiger partial charge on any atom is -0.478 e. The number of sulfonamides is 1. The Labute approximate surface area is 389 Å². The van der Waals surface area contributed by atoms with E-state index in [0.717, 1.165) is 51.9 Å². The summed E-state index contributed by atoms with van der Waals surface area (Å²) in [6, 6.07) is 7.91. The Morgan fingerprint density at radius 2 is 1.28 bits per heavy atom. The molecule has 7 rings (SSSR count). The first-order valence-electron chi connectivity index (χ1n) is 19.8. The predicted octanol–water partition coefficient (Wildman–Crippen LogP) is 3.68. The predicted molar refractivity (Wildman–Crippen MR) is 239 cm³/mol. The van der Waals surface area contributed by atoms with E-state index in [1.165, 1.54) is 30.6 Å². The summed E-state index contributed by atoms with van der Waals surface area (Å²) < 4.78 is 51.2. The van der Waals surface area contributed by atoms with Gasteiger partial charge in [-0.05, 0) is 72.9 Å². The number of aromatic nitrogens is 5. The molecule has 27 heteroatoms. The van der Waals surface area contributed by atoms with Crippen molar-refractivity contribution in [1.29, 1.82) is 0 Å². The molecule has 68 heavy (non-hydrogen) atoms. The SMILES string of the molecule is CN1CCN(C2CCC(n3cc(-c4ccc(NS(=O)(=O)c5c(Cl)ccc6nonc56)c(F)c4)c4c(N)ncnc43)CC2)CC1.O=C(O)/C=C\C(=O)O.O=C(O)/C=C\C(=O)O.O=C(O)/C=C\C(=O)O. The lowest BCUT2D eigenvalue weighted by Crippen LogP contribution is -2.49. The summed E-state index contributed by atoms with van der Waals surface area (Å²) in [6.07, 6.45) is 10.9. The molecule has 2 aromatic carbocycles. The number of anilines is 2. The Balaban J connectivity index is 0.000000346. The third-order valence-electron chi connectivity index (χ3n) is 9.98. The number of carboxylic acid groups (broad SMARTS) is 6. The molecule has 0 spiro atoms. The van der Waals surface area contributed by atoms with E-state index in [9.17, 15) is 37.2 Å². The number of carboxylic acids is 6. The summed E-state index contributed by atoms with van der Waals surface area (Å²) in [7, 11) is -2.17. The van der Waals surface area contributed by atoms with Gasteiger partial charge < -0.3 is 45.8 Å². The van der Waals surface area contributed by atoms with E-state index < -0.39 is 51.7 Å². The number of nitrogens with one attached hydrogen (secondary N) is 1. The van der Waals surface area contributed by atoms with Gasteiger partial charge >= 0.3 is 35.8 Å². The van der Waals surface area contributed by atoms with Crippen LogP contribution in [0.15, 0.2) is 88.8 Å². The number of benzene rings is 2. The highest BCUT2D eigenvalue weighted by atomic mass is 35.5. The molecule has 1 saturated carbocycles. The largest absolute Gasteiger partial charge is 0.478 e. The molecule has 0 amide bonds. The third kappa shape index (κ3) is 15.1. The summed E-state index contributed by atoms with van der Waals surface area (Å²) in [5.41, 5.74) is 8.13. The van der Waals surface area contributed by atoms with E-state index in [2.05, 4.69) is 51.0 Å². The van der Waals surface area contributed by atoms with Crippen LogP contribution in [0.5, 0.6) is 0 Å². The lowest BCUT2D eigenvalue weighted by atomic mass is 9.89. The lowest BCUT2D eigenvalue weighted by molar-refractivity contribution is -0.134. The molecule has 24 nitrogen and oxygen atoms in total. The smallest absolute Gasteiger partial charge is 0.328 e. The highest BCUT2D eigenvalue weighted by molar-refractivity contribution is 7.93. The van der Waals surface area contributed by atoms with Gasteiger partial charge in [0.05, 0.1) is 16.1 Å². The van der Waals surface area contributed by atoms with Crippen LogP contribution >= 0.6 is 11.6 Å². The van der Waals surface area contributed by atoms with Gasteiger partial charge in [-0.2, -0.15) is 0 Å². The van der Waals surface area contributed by atoms with Crippen LogP contribution in [0, 0.1) is 5.82 Å². The summed E-state index contributed by atoms with van der Waals surface area (Å²) in [6.45, 7) is 4.40. The fourth-order valence-electron chi connectivity index (χ4n) is 6.94. The van der Waals surface area contributed by atoms with E-state index >= 15 is 4.39 Å². The molecular formula is C41H43ClFN9O15S. The van der Waals surface area contributed by atoms with Gasteiger partial charge in [-0.1, -0.05) is 17.7 Å². The zero-order valence-corrected chi connectivity index (χ0v) is 37.1. The van der Waals surface area contributed by atoms with Gasteiger partial charge in [0, 0.05) is 86.5 Å². The van der Waals surface area contributed by atoms with Crippen molar-refractivity contribution in [2.45, 2.75) is 42.7 Å². The zero-order chi connectivity index (χ0) is 50.3. The van der Waals surface area contributed by atoms with Gasteiger partial charge in [0.15, 0.2) is 5.52 Å². The van der Waals surface area contributed by atoms with Crippen LogP contribution in [0.2, 0.25) is 5.02 Å². The Hall–Kier alpha value is -7.81. The van der Waals surface area contributed by atoms with Gasteiger partial charge in [-0.15, -0.1) is 0 Å². The van der Waals surface area contributed by atoms with Crippen molar-refractivity contribution in [3.63, 3.8) is 0 Å². The molecular weight excluding hydrogens is 945 g/mol. The number of hydrogen-bond donors (Lipinski definition) is 8. The average molecular weight is 988 g/mol. The molecule has 1 saturated heterocycles. The first-order chi connectivity index (χ1) is 32.1. The summed E-state index contributed by atoms with van der Waals surface area (Å²) in [4.78, 5) is 70.7. The van der Waals surface area contributed by atoms with E-state index in [1.54, 1.807) is 6.07 Å². The first-order valence-corrected chi connectivity index (χ1v) is 21.6. The number of rotatable bonds is 12. The molecule has 362 valence electrons. The highest BCUT2D eigenvalue weighted by Gasteiger charge is 2.31. The van der Waals surface area contributed by atoms with E-state index in [-0.39, 0.29) is 32.7 Å². The molecule has 0 unspecified atom stereocenters. The number of nitrogens with two attached hydrogens (primary N) is 1. The number of nitrogens with zero attached hydrogens (tertiary/aromatic N) is 7. The van der Waals surface area contributed by atoms with Crippen LogP contribution in [-0.2, 0) is 38.8 Å². The lowest BCUT2D eigenvalue weighted by Gasteiger charge is -2.41. The molecule has 1 aliphatic heterocycles. The maximum absolute atomic E-state index is 15.6. The number of fused-ring (bicyclic) bond motifs is 2. The van der Waals surface area contributed by atoms with Crippen LogP contribution in [0.25, 0.3) is 33.2 Å². The fraction of sp³-hybridized carbons (Fsp3) is 0.268. The number of halogens is 2. The van der Waals surface area contributed by atoms with Gasteiger partial charge in [0.2, 0.25) is 0 Å². The Morgan fingerprint density at radius 3 is 1.78 bits per heavy atom. The highest BCUT2D eigenvalue weighted by Crippen LogP contribution is 2.40. The molecule has 0 radical (unpaired) electrons. The first kappa shape index (κ1) is 52.8. The number of piperazine rings is 1. The van der Waals surface area contributed by atoms with Crippen molar-refractivity contribution < 1.29 is 76.8 Å². The van der Waals surface area contributed by atoms with Crippen molar-refractivity contribution in [1.82, 2.24) is 34.6 Å². The molecule has 2 aliphatic rings. The molecule has 2 fully saturated rings. The van der Waals surface area contributed by atoms with Crippen LogP contribution in [-0.4, -0.2) is 149 Å². The normalized spacial score (nSPS) is 16.6. The zero-order valence-electron chi connectivity index (χ0n) is 35.5. The van der Waals surface area contributed by atoms with E-state index in [4.69, 9.17) is 48.0 Å². The fourth-order valence-corrected chi connectivity index (χ4v) is 8.68. The van der Waals surface area contributed by atoms with Crippen molar-refractivity contribution in [2.24, 2.45) is 0 Å². The molecule has 4 heterocycles. The average Bonchev–Trinajstić information content (AvgIpc) is 3.92. The van der Waals surface area contributed by atoms with E-state index in [1.807, 2.05) is 6.20 Å². The summed E-state index contributed by atoms with van der Waals surface area (Å²) in [5, 5.41) is 54.7. The van der Waals surface area contributed by atoms with Crippen molar-refractivity contribution >= 4 is 91.0 Å². The minimum atomic E-state index is -4.34. The Kier molecular flexibility index (Phi) is 18.7. The van der Waals surface area contributed by atoms with Crippen molar-refractivity contribution in [2.75, 3.05) is 43.7 Å². The molecule has 3 aromatic heterocycles. The van der Waals surface area contributed by atoms with Crippen molar-refractivity contribution in [3.8, 4) is 11.1 Å². The summed E-state index contributed by atoms with van der Waals surface area (Å²) in [5.74, 6) is -8.03. The number of nitrogen functional groups attached to an aromatic ring is 1. The van der Waals surface area contributed by atoms with Crippen molar-refractivity contribution in [3.05, 3.63) is 90.2 Å². The number of aliphatic carboxylic acids is 6. The Bertz CT molecular complexity index is 2740. The van der Waals surface area contributed by atoms with Gasteiger partial charge in [-0.25, -0.2) is 56.2 Å². The number of hydrogen-bond acceptors (Lipinski definition) is 16. The standard InChI is InChI=1S/C29H31ClFN9O3S.3C4H4O4/c1-38-10-12-39(13-11-38)18-3-5-19(6-4-18)40-15-20(25-28(32)33-16-34-29(25)40)17-2-8-23(22(31)14-17)37-44(41,42)27-21(30)7-9-24-26(27)36-43-35-24;3*5-3(6)1-2-4(7)8/h2,7-9,14-16,18-19,37H,3-6,10-13H2,1H3,(H2,32,33,34);3*1-2H,(H,5,6)(H,7,8)/b;3*2-1-. The summed E-state index contributed by atoms with van der Waals surface area (Å²) >= 11 is 6.19. The molecule has 0 atom stereocenters. The van der Waals surface area contributed by atoms with Gasteiger partial charge in [-0.3, -0.25) is 9.62 Å². The van der Waals surface area contributed by atoms with E-state index in [0.29, 0.717) is 70.5 Å². The van der Waals surface area contributed by atoms with Crippen LogP contribution in [0.4, 0.5) is 15.9 Å². The van der Waals surface area contributed by atoms with Crippen LogP contribution in [0.3, 0.4) is 0 Å². The Morgan fingerprint density at radius 1 is 0.765 bits per heavy atom. The minimum absolute atomic E-state index is 0.0529. The van der Waals surface area contributed by atoms with Crippen LogP contribution in [0.1, 0.15) is 31.7 Å². The third-order valence-corrected chi connectivity index (χ3v) is 11.9. The van der Waals surface area contributed by atoms with Gasteiger partial charge in [0.1, 0.15) is 34.0 Å². The second-order valence-corrected chi connectivity index (χ2v) is 16.6. The second kappa shape index (κ2) is 24.1. The molecule has 5 aromatic rings. The number of carbonyl (C=O) groups is 6. The topological polar surface area (TPSA) is 372 Å². The molecule has 1 aliphatic carbocycles. The maximum atomic E-state index is 15.6. The molecule has 0 bridgehead atoms. The second-order valence-electron chi connectivity index (χ2n) is 14.5. The monoisotopic (exact) mass is 987 g/mol. The number of likely N-dealkylation sites (N-methyl/N-ethyl adjacent to an activating group) is 1. The quantitative estimate of drug-likeness (QED) is 0.0826. The maximum Gasteiger partial charge on any atom is 0.328 e. The van der Waals surface area contributed by atoms with Crippen LogP contribution < -0.4 is 10.5 Å². The van der Waals surface area contributed by atoms with Gasteiger partial charge in [0.25, 0.3) is 10.0 Å².